The molecule has 1 atom stereocenters. The fourth-order valence-corrected chi connectivity index (χ4v) is 5.12. The van der Waals surface area contributed by atoms with Crippen molar-refractivity contribution in [1.82, 2.24) is 4.72 Å². The predicted octanol–water partition coefficient (Wildman–Crippen LogP) is 4.95. The molecule has 2 heterocycles. The van der Waals surface area contributed by atoms with E-state index in [9.17, 15) is 8.42 Å². The summed E-state index contributed by atoms with van der Waals surface area (Å²) in [5.74, 6) is 1.45. The Morgan fingerprint density at radius 3 is 2.50 bits per heavy atom. The summed E-state index contributed by atoms with van der Waals surface area (Å²) in [5, 5.41) is 0.893. The molecule has 0 fully saturated rings. The molecule has 1 N–H and O–H groups in total. The highest BCUT2D eigenvalue weighted by Crippen LogP contribution is 2.34. The van der Waals surface area contributed by atoms with Crippen LogP contribution in [0.15, 0.2) is 87.0 Å². The molecule has 8 heteroatoms. The first kappa shape index (κ1) is 20.9. The van der Waals surface area contributed by atoms with Gasteiger partial charge in [-0.25, -0.2) is 8.42 Å². The maximum atomic E-state index is 13.4. The first-order chi connectivity index (χ1) is 15.5. The fourth-order valence-electron chi connectivity index (χ4n) is 3.67. The van der Waals surface area contributed by atoms with Crippen molar-refractivity contribution in [3.05, 3.63) is 84.1 Å². The lowest BCUT2D eigenvalue weighted by molar-refractivity contribution is 0.297. The maximum absolute atomic E-state index is 13.4. The first-order valence-corrected chi connectivity index (χ1v) is 12.1. The quantitative estimate of drug-likeness (QED) is 0.406. The Kier molecular flexibility index (Phi) is 5.58. The Bertz CT molecular complexity index is 1350. The van der Waals surface area contributed by atoms with Crippen LogP contribution in [0, 0.1) is 0 Å². The molecule has 6 nitrogen and oxygen atoms in total. The molecule has 1 aliphatic heterocycles. The Labute approximate surface area is 191 Å². The van der Waals surface area contributed by atoms with Gasteiger partial charge in [0.1, 0.15) is 17.4 Å². The van der Waals surface area contributed by atoms with Crippen LogP contribution in [-0.4, -0.2) is 21.6 Å². The molecule has 32 heavy (non-hydrogen) atoms. The van der Waals surface area contributed by atoms with Crippen LogP contribution in [0.25, 0.3) is 11.0 Å². The summed E-state index contributed by atoms with van der Waals surface area (Å²) >= 11 is 4.42. The average Bonchev–Trinajstić information content (AvgIpc) is 3.07. The smallest absolute Gasteiger partial charge is 0.241 e. The Balaban J connectivity index is 1.55. The first-order valence-electron chi connectivity index (χ1n) is 10.2. The largest absolute Gasteiger partial charge is 0.490 e. The summed E-state index contributed by atoms with van der Waals surface area (Å²) in [7, 11) is -3.92. The molecule has 0 saturated heterocycles. The van der Waals surface area contributed by atoms with E-state index >= 15 is 0 Å². The molecule has 0 bridgehead atoms. The van der Waals surface area contributed by atoms with Gasteiger partial charge in [0, 0.05) is 22.8 Å². The molecule has 0 spiro atoms. The molecule has 0 amide bonds. The molecule has 1 unspecified atom stereocenters. The lowest BCUT2D eigenvalue weighted by atomic mass is 10.1. The van der Waals surface area contributed by atoms with Crippen molar-refractivity contribution in [2.75, 3.05) is 13.2 Å². The molecule has 164 valence electrons. The van der Waals surface area contributed by atoms with Crippen LogP contribution in [0.1, 0.15) is 23.8 Å². The van der Waals surface area contributed by atoms with Crippen molar-refractivity contribution in [2.24, 2.45) is 0 Å². The van der Waals surface area contributed by atoms with Crippen LogP contribution in [0.5, 0.6) is 11.5 Å². The van der Waals surface area contributed by atoms with Gasteiger partial charge in [0.25, 0.3) is 0 Å². The second-order valence-electron chi connectivity index (χ2n) is 7.49. The third-order valence-electron chi connectivity index (χ3n) is 5.23. The standard InChI is InChI=1S/C24H21NO5S2/c26-32(27,19-9-10-21-22(15-19)29-12-4-11-28-21)25-24(17-6-3-7-18(31)13-17)23-14-16-5-1-2-8-20(16)30-23/h1-3,5-10,13-15,24-25,31H,4,11-12H2. The summed E-state index contributed by atoms with van der Waals surface area (Å²) in [6, 6.07) is 20.6. The molecule has 0 radical (unpaired) electrons. The second-order valence-corrected chi connectivity index (χ2v) is 9.73. The van der Waals surface area contributed by atoms with E-state index in [1.54, 1.807) is 6.07 Å². The summed E-state index contributed by atoms with van der Waals surface area (Å²) in [6.07, 6.45) is 0.739. The number of hydrogen-bond donors (Lipinski definition) is 2. The summed E-state index contributed by atoms with van der Waals surface area (Å²) in [4.78, 5) is 0.809. The van der Waals surface area contributed by atoms with Crippen LogP contribution in [0.4, 0.5) is 0 Å². The molecule has 0 aliphatic carbocycles. The third-order valence-corrected chi connectivity index (χ3v) is 6.93. The van der Waals surface area contributed by atoms with Crippen molar-refractivity contribution in [1.29, 1.82) is 0 Å². The highest BCUT2D eigenvalue weighted by Gasteiger charge is 2.27. The summed E-state index contributed by atoms with van der Waals surface area (Å²) < 4.78 is 46.9. The van der Waals surface area contributed by atoms with E-state index in [0.29, 0.717) is 36.1 Å². The highest BCUT2D eigenvalue weighted by molar-refractivity contribution is 7.89. The number of fused-ring (bicyclic) bond motifs is 2. The van der Waals surface area contributed by atoms with Crippen LogP contribution < -0.4 is 14.2 Å². The second kappa shape index (κ2) is 8.54. The van der Waals surface area contributed by atoms with E-state index in [0.717, 1.165) is 22.3 Å². The van der Waals surface area contributed by atoms with E-state index < -0.39 is 16.1 Å². The molecule has 1 aliphatic rings. The van der Waals surface area contributed by atoms with Gasteiger partial charge in [0.15, 0.2) is 11.5 Å². The van der Waals surface area contributed by atoms with E-state index in [-0.39, 0.29) is 4.90 Å². The lowest BCUT2D eigenvalue weighted by Crippen LogP contribution is -2.29. The summed E-state index contributed by atoms with van der Waals surface area (Å²) in [6.45, 7) is 1.01. The third kappa shape index (κ3) is 4.21. The van der Waals surface area contributed by atoms with Gasteiger partial charge in [-0.2, -0.15) is 4.72 Å². The van der Waals surface area contributed by atoms with Gasteiger partial charge >= 0.3 is 0 Å². The Morgan fingerprint density at radius 2 is 1.69 bits per heavy atom. The van der Waals surface area contributed by atoms with Crippen molar-refractivity contribution < 1.29 is 22.3 Å². The minimum atomic E-state index is -3.92. The number of sulfonamides is 1. The Morgan fingerprint density at radius 1 is 0.875 bits per heavy atom. The van der Waals surface area contributed by atoms with E-state index in [4.69, 9.17) is 13.9 Å². The molecular weight excluding hydrogens is 446 g/mol. The number of nitrogens with one attached hydrogen (secondary N) is 1. The normalized spacial score (nSPS) is 14.8. The van der Waals surface area contributed by atoms with E-state index in [1.165, 1.54) is 12.1 Å². The van der Waals surface area contributed by atoms with Crippen LogP contribution >= 0.6 is 12.6 Å². The van der Waals surface area contributed by atoms with Gasteiger partial charge in [-0.3, -0.25) is 0 Å². The van der Waals surface area contributed by atoms with Gasteiger partial charge in [-0.15, -0.1) is 12.6 Å². The number of thiol groups is 1. The zero-order chi connectivity index (χ0) is 22.1. The van der Waals surface area contributed by atoms with Gasteiger partial charge in [-0.05, 0) is 42.0 Å². The lowest BCUT2D eigenvalue weighted by Gasteiger charge is -2.18. The number of para-hydroxylation sites is 1. The molecule has 5 rings (SSSR count). The summed E-state index contributed by atoms with van der Waals surface area (Å²) in [5.41, 5.74) is 1.40. The Hall–Kier alpha value is -2.94. The molecule has 3 aromatic carbocycles. The number of ether oxygens (including phenoxy) is 2. The minimum Gasteiger partial charge on any atom is -0.490 e. The SMILES string of the molecule is O=S(=O)(NC(c1cccc(S)c1)c1cc2ccccc2o1)c1ccc2c(c1)OCCCO2. The van der Waals surface area contributed by atoms with Crippen molar-refractivity contribution in [3.63, 3.8) is 0 Å². The van der Waals surface area contributed by atoms with Crippen LogP contribution in [-0.2, 0) is 10.0 Å². The number of hydrogen-bond acceptors (Lipinski definition) is 6. The minimum absolute atomic E-state index is 0.0879. The van der Waals surface area contributed by atoms with Gasteiger partial charge in [-0.1, -0.05) is 30.3 Å². The average molecular weight is 468 g/mol. The highest BCUT2D eigenvalue weighted by atomic mass is 32.2. The monoisotopic (exact) mass is 467 g/mol. The molecule has 0 saturated carbocycles. The topological polar surface area (TPSA) is 77.8 Å². The van der Waals surface area contributed by atoms with Crippen molar-refractivity contribution >= 4 is 33.6 Å². The van der Waals surface area contributed by atoms with E-state index in [1.807, 2.05) is 54.6 Å². The number of benzene rings is 3. The van der Waals surface area contributed by atoms with Gasteiger partial charge in [0.05, 0.1) is 18.1 Å². The van der Waals surface area contributed by atoms with Crippen LogP contribution in [0.2, 0.25) is 0 Å². The molecular formula is C24H21NO5S2. The van der Waals surface area contributed by atoms with Crippen molar-refractivity contribution in [3.8, 4) is 11.5 Å². The number of rotatable bonds is 5. The number of furan rings is 1. The molecule has 1 aromatic heterocycles. The van der Waals surface area contributed by atoms with Crippen molar-refractivity contribution in [2.45, 2.75) is 22.3 Å². The predicted molar refractivity (Wildman–Crippen MR) is 124 cm³/mol. The van der Waals surface area contributed by atoms with E-state index in [2.05, 4.69) is 17.4 Å². The molecule has 4 aromatic rings. The van der Waals surface area contributed by atoms with Crippen LogP contribution in [0.3, 0.4) is 0 Å². The van der Waals surface area contributed by atoms with Gasteiger partial charge in [0.2, 0.25) is 10.0 Å². The fraction of sp³-hybridized carbons (Fsp3) is 0.167. The van der Waals surface area contributed by atoms with Gasteiger partial charge < -0.3 is 13.9 Å². The maximum Gasteiger partial charge on any atom is 0.241 e. The zero-order valence-corrected chi connectivity index (χ0v) is 18.7. The zero-order valence-electron chi connectivity index (χ0n) is 17.0.